The summed E-state index contributed by atoms with van der Waals surface area (Å²) in [7, 11) is 0. The van der Waals surface area contributed by atoms with Crippen LogP contribution in [0.3, 0.4) is 0 Å². The molecule has 0 unspecified atom stereocenters. The van der Waals surface area contributed by atoms with Crippen molar-refractivity contribution in [1.29, 1.82) is 5.26 Å². The highest BCUT2D eigenvalue weighted by atomic mass is 19.1. The van der Waals surface area contributed by atoms with Gasteiger partial charge in [0.1, 0.15) is 23.2 Å². The van der Waals surface area contributed by atoms with Crippen LogP contribution in [0.4, 0.5) is 14.7 Å². The molecule has 0 aliphatic carbocycles. The fraction of sp³-hybridized carbons (Fsp3) is 0. The lowest BCUT2D eigenvalue weighted by molar-refractivity contribution is 0.416. The standard InChI is InChI=1S/C11H6F2N4O/c12-7-2-1-3-9(6(7)4-14)18-10-8(13)5-16-11(15)17-10/h1-3,5H,(H2,15,16,17). The summed E-state index contributed by atoms with van der Waals surface area (Å²) < 4.78 is 31.6. The quantitative estimate of drug-likeness (QED) is 0.878. The molecule has 90 valence electrons. The highest BCUT2D eigenvalue weighted by Gasteiger charge is 2.13. The van der Waals surface area contributed by atoms with Crippen molar-refractivity contribution in [3.8, 4) is 17.7 Å². The topological polar surface area (TPSA) is 84.8 Å². The van der Waals surface area contributed by atoms with E-state index in [-0.39, 0.29) is 17.3 Å². The molecule has 7 heteroatoms. The molecule has 1 aromatic carbocycles. The highest BCUT2D eigenvalue weighted by molar-refractivity contribution is 5.45. The lowest BCUT2D eigenvalue weighted by atomic mass is 10.2. The molecule has 1 aromatic heterocycles. The van der Waals surface area contributed by atoms with Crippen LogP contribution in [0, 0.1) is 23.0 Å². The van der Waals surface area contributed by atoms with Crippen molar-refractivity contribution in [2.45, 2.75) is 0 Å². The summed E-state index contributed by atoms with van der Waals surface area (Å²) in [5.74, 6) is -2.44. The maximum absolute atomic E-state index is 13.3. The van der Waals surface area contributed by atoms with Crippen LogP contribution in [0.5, 0.6) is 11.6 Å². The Balaban J connectivity index is 2.44. The van der Waals surface area contributed by atoms with E-state index in [0.717, 1.165) is 12.3 Å². The zero-order valence-electron chi connectivity index (χ0n) is 8.89. The van der Waals surface area contributed by atoms with Gasteiger partial charge in [-0.3, -0.25) is 0 Å². The van der Waals surface area contributed by atoms with Crippen LogP contribution < -0.4 is 10.5 Å². The molecule has 1 heterocycles. The van der Waals surface area contributed by atoms with Crippen LogP contribution in [0.1, 0.15) is 5.56 Å². The van der Waals surface area contributed by atoms with Gasteiger partial charge in [-0.05, 0) is 12.1 Å². The number of hydrogen-bond donors (Lipinski definition) is 1. The van der Waals surface area contributed by atoms with Gasteiger partial charge in [-0.25, -0.2) is 9.37 Å². The lowest BCUT2D eigenvalue weighted by Crippen LogP contribution is -2.00. The number of nitriles is 1. The first-order chi connectivity index (χ1) is 8.61. The molecule has 0 bridgehead atoms. The number of rotatable bonds is 2. The lowest BCUT2D eigenvalue weighted by Gasteiger charge is -2.07. The molecule has 0 aliphatic heterocycles. The van der Waals surface area contributed by atoms with Crippen LogP contribution in [0.15, 0.2) is 24.4 Å². The van der Waals surface area contributed by atoms with Crippen molar-refractivity contribution in [3.63, 3.8) is 0 Å². The Morgan fingerprint density at radius 1 is 1.28 bits per heavy atom. The molecular formula is C11H6F2N4O. The Morgan fingerprint density at radius 3 is 2.78 bits per heavy atom. The summed E-state index contributed by atoms with van der Waals surface area (Å²) >= 11 is 0. The van der Waals surface area contributed by atoms with Crippen LogP contribution in [-0.2, 0) is 0 Å². The van der Waals surface area contributed by atoms with Crippen molar-refractivity contribution in [2.24, 2.45) is 0 Å². The summed E-state index contributed by atoms with van der Waals surface area (Å²) in [5.41, 5.74) is 4.93. The average molecular weight is 248 g/mol. The second-order valence-corrected chi connectivity index (χ2v) is 3.21. The van der Waals surface area contributed by atoms with Crippen LogP contribution in [-0.4, -0.2) is 9.97 Å². The van der Waals surface area contributed by atoms with E-state index in [9.17, 15) is 8.78 Å². The molecule has 0 amide bonds. The zero-order valence-corrected chi connectivity index (χ0v) is 8.89. The minimum absolute atomic E-state index is 0.144. The average Bonchev–Trinajstić information content (AvgIpc) is 2.34. The number of nitrogen functional groups attached to an aromatic ring is 1. The Bertz CT molecular complexity index is 639. The van der Waals surface area contributed by atoms with Gasteiger partial charge < -0.3 is 10.5 Å². The van der Waals surface area contributed by atoms with Gasteiger partial charge in [0.2, 0.25) is 11.8 Å². The fourth-order valence-corrected chi connectivity index (χ4v) is 1.24. The van der Waals surface area contributed by atoms with Gasteiger partial charge in [0.25, 0.3) is 5.88 Å². The van der Waals surface area contributed by atoms with Crippen molar-refractivity contribution in [2.75, 3.05) is 5.73 Å². The Morgan fingerprint density at radius 2 is 2.06 bits per heavy atom. The van der Waals surface area contributed by atoms with E-state index >= 15 is 0 Å². The van der Waals surface area contributed by atoms with Crippen LogP contribution in [0.2, 0.25) is 0 Å². The smallest absolute Gasteiger partial charge is 0.260 e. The number of nitrogens with two attached hydrogens (primary N) is 1. The van der Waals surface area contributed by atoms with E-state index < -0.39 is 17.5 Å². The number of hydrogen-bond acceptors (Lipinski definition) is 5. The molecule has 0 spiro atoms. The van der Waals surface area contributed by atoms with Gasteiger partial charge >= 0.3 is 0 Å². The molecular weight excluding hydrogens is 242 g/mol. The number of benzene rings is 1. The van der Waals surface area contributed by atoms with Gasteiger partial charge in [-0.15, -0.1) is 0 Å². The number of anilines is 1. The summed E-state index contributed by atoms with van der Waals surface area (Å²) in [5, 5.41) is 8.78. The maximum Gasteiger partial charge on any atom is 0.260 e. The molecule has 18 heavy (non-hydrogen) atoms. The van der Waals surface area contributed by atoms with Crippen LogP contribution >= 0.6 is 0 Å². The number of ether oxygens (including phenoxy) is 1. The first-order valence-electron chi connectivity index (χ1n) is 4.76. The molecule has 2 rings (SSSR count). The van der Waals surface area contributed by atoms with Crippen molar-refractivity contribution >= 4 is 5.95 Å². The number of nitrogens with zero attached hydrogens (tertiary/aromatic N) is 3. The molecule has 2 N–H and O–H groups in total. The first kappa shape index (κ1) is 11.7. The summed E-state index contributed by atoms with van der Waals surface area (Å²) in [6.07, 6.45) is 0.822. The third-order valence-corrected chi connectivity index (χ3v) is 2.02. The Hall–Kier alpha value is -2.75. The largest absolute Gasteiger partial charge is 0.435 e. The Labute approximate surface area is 100 Å². The molecule has 2 aromatic rings. The molecule has 0 radical (unpaired) electrons. The molecule has 0 aliphatic rings. The molecule has 5 nitrogen and oxygen atoms in total. The first-order valence-corrected chi connectivity index (χ1v) is 4.76. The Kier molecular flexibility index (Phi) is 3.02. The second kappa shape index (κ2) is 4.63. The van der Waals surface area contributed by atoms with Crippen molar-refractivity contribution in [1.82, 2.24) is 9.97 Å². The molecule has 0 saturated heterocycles. The minimum Gasteiger partial charge on any atom is -0.435 e. The zero-order chi connectivity index (χ0) is 13.1. The second-order valence-electron chi connectivity index (χ2n) is 3.21. The predicted octanol–water partition coefficient (Wildman–Crippen LogP) is 2.00. The summed E-state index contributed by atoms with van der Waals surface area (Å²) in [6, 6.07) is 5.36. The van der Waals surface area contributed by atoms with Crippen LogP contribution in [0.25, 0.3) is 0 Å². The van der Waals surface area contributed by atoms with E-state index in [1.807, 2.05) is 0 Å². The van der Waals surface area contributed by atoms with Gasteiger partial charge in [0.05, 0.1) is 6.20 Å². The summed E-state index contributed by atoms with van der Waals surface area (Å²) in [6.45, 7) is 0. The maximum atomic E-state index is 13.3. The fourth-order valence-electron chi connectivity index (χ4n) is 1.24. The monoisotopic (exact) mass is 248 g/mol. The van der Waals surface area contributed by atoms with E-state index in [1.165, 1.54) is 12.1 Å². The van der Waals surface area contributed by atoms with E-state index in [4.69, 9.17) is 15.7 Å². The SMILES string of the molecule is N#Cc1c(F)cccc1Oc1nc(N)ncc1F. The minimum atomic E-state index is -0.864. The van der Waals surface area contributed by atoms with Crippen molar-refractivity contribution < 1.29 is 13.5 Å². The van der Waals surface area contributed by atoms with E-state index in [0.29, 0.717) is 0 Å². The van der Waals surface area contributed by atoms with Gasteiger partial charge in [0.15, 0.2) is 0 Å². The van der Waals surface area contributed by atoms with Crippen molar-refractivity contribution in [3.05, 3.63) is 41.6 Å². The molecule has 0 atom stereocenters. The third kappa shape index (κ3) is 2.17. The molecule has 0 saturated carbocycles. The van der Waals surface area contributed by atoms with Gasteiger partial charge in [-0.1, -0.05) is 6.07 Å². The normalized spacial score (nSPS) is 9.83. The van der Waals surface area contributed by atoms with E-state index in [2.05, 4.69) is 9.97 Å². The summed E-state index contributed by atoms with van der Waals surface area (Å²) in [4.78, 5) is 6.92. The predicted molar refractivity (Wildman–Crippen MR) is 57.6 cm³/mol. The number of aromatic nitrogens is 2. The third-order valence-electron chi connectivity index (χ3n) is 2.02. The van der Waals surface area contributed by atoms with Gasteiger partial charge in [-0.2, -0.15) is 14.6 Å². The molecule has 0 fully saturated rings. The highest BCUT2D eigenvalue weighted by Crippen LogP contribution is 2.27. The van der Waals surface area contributed by atoms with E-state index in [1.54, 1.807) is 6.07 Å². The number of halogens is 2. The van der Waals surface area contributed by atoms with Gasteiger partial charge in [0, 0.05) is 0 Å².